The molecule has 5 rings (SSSR count). The largest absolute Gasteiger partial charge is 0.369 e. The highest BCUT2D eigenvalue weighted by Gasteiger charge is 2.80. The van der Waals surface area contributed by atoms with Crippen LogP contribution < -0.4 is 5.73 Å². The Labute approximate surface area is 127 Å². The first-order valence-corrected chi connectivity index (χ1v) is 8.39. The van der Waals surface area contributed by atoms with E-state index in [1.54, 1.807) is 0 Å². The molecule has 6 unspecified atom stereocenters. The highest BCUT2D eigenvalue weighted by molar-refractivity contribution is 5.82. The molecule has 6 atom stereocenters. The maximum absolute atomic E-state index is 12.3. The van der Waals surface area contributed by atoms with Gasteiger partial charge in [-0.05, 0) is 60.8 Å². The highest BCUT2D eigenvalue weighted by atomic mass is 16.1. The van der Waals surface area contributed by atoms with Gasteiger partial charge in [0.05, 0.1) is 5.41 Å². The second-order valence-electron chi connectivity index (χ2n) is 8.44. The molecule has 2 heteroatoms. The number of fused-ring (bicyclic) bond motifs is 2. The van der Waals surface area contributed by atoms with E-state index < -0.39 is 0 Å². The summed E-state index contributed by atoms with van der Waals surface area (Å²) in [5, 5.41) is 0. The van der Waals surface area contributed by atoms with Crippen LogP contribution in [0.2, 0.25) is 0 Å². The van der Waals surface area contributed by atoms with Crippen molar-refractivity contribution in [3.05, 3.63) is 35.9 Å². The standard InChI is InChI=1S/C19H23NO.H2/c1-12-13-7-17(16(20)21)10-18(14-5-3-2-4-6-14)9-15(12)19(18,8-13)11-17;/h2-6,12-13,15H,7-11H2,1H3,(H2,20,21);1H. The van der Waals surface area contributed by atoms with Gasteiger partial charge in [0.1, 0.15) is 0 Å². The minimum absolute atomic E-state index is 0. The molecule has 1 spiro atoms. The molecule has 3 bridgehead atoms. The molecule has 0 aliphatic heterocycles. The van der Waals surface area contributed by atoms with Crippen molar-refractivity contribution >= 4 is 5.91 Å². The highest BCUT2D eigenvalue weighted by Crippen LogP contribution is 2.85. The van der Waals surface area contributed by atoms with Crippen molar-refractivity contribution in [2.75, 3.05) is 0 Å². The van der Waals surface area contributed by atoms with E-state index in [2.05, 4.69) is 37.3 Å². The Bertz CT molecular complexity index is 646. The van der Waals surface area contributed by atoms with E-state index in [1.807, 2.05) is 0 Å². The van der Waals surface area contributed by atoms with Gasteiger partial charge in [-0.25, -0.2) is 0 Å². The molecule has 4 saturated carbocycles. The number of nitrogens with two attached hydrogens (primary N) is 1. The van der Waals surface area contributed by atoms with Crippen molar-refractivity contribution in [1.82, 2.24) is 0 Å². The molecule has 0 aromatic heterocycles. The van der Waals surface area contributed by atoms with Gasteiger partial charge in [-0.2, -0.15) is 0 Å². The van der Waals surface area contributed by atoms with E-state index in [4.69, 9.17) is 5.73 Å². The second kappa shape index (κ2) is 3.37. The zero-order valence-corrected chi connectivity index (χ0v) is 12.6. The van der Waals surface area contributed by atoms with Crippen LogP contribution in [0.1, 0.15) is 46.0 Å². The summed E-state index contributed by atoms with van der Waals surface area (Å²) < 4.78 is 0. The monoisotopic (exact) mass is 283 g/mol. The summed E-state index contributed by atoms with van der Waals surface area (Å²) in [7, 11) is 0. The first-order valence-electron chi connectivity index (χ1n) is 8.39. The molecule has 4 aliphatic carbocycles. The summed E-state index contributed by atoms with van der Waals surface area (Å²) in [5.41, 5.74) is 7.80. The number of benzene rings is 1. The van der Waals surface area contributed by atoms with Crippen LogP contribution in [0.5, 0.6) is 0 Å². The van der Waals surface area contributed by atoms with Crippen LogP contribution in [0, 0.1) is 28.6 Å². The smallest absolute Gasteiger partial charge is 0.223 e. The van der Waals surface area contributed by atoms with Crippen LogP contribution in [0.4, 0.5) is 0 Å². The average molecular weight is 283 g/mol. The summed E-state index contributed by atoms with van der Waals surface area (Å²) in [5.74, 6) is 2.31. The number of rotatable bonds is 2. The first-order chi connectivity index (χ1) is 10.0. The van der Waals surface area contributed by atoms with Gasteiger partial charge in [-0.3, -0.25) is 4.79 Å². The van der Waals surface area contributed by atoms with E-state index in [0.717, 1.165) is 37.0 Å². The van der Waals surface area contributed by atoms with Crippen molar-refractivity contribution in [2.24, 2.45) is 34.3 Å². The van der Waals surface area contributed by atoms with E-state index >= 15 is 0 Å². The second-order valence-corrected chi connectivity index (χ2v) is 8.44. The zero-order chi connectivity index (χ0) is 14.5. The Hall–Kier alpha value is -1.31. The molecular weight excluding hydrogens is 258 g/mol. The normalized spacial score (nSPS) is 52.5. The summed E-state index contributed by atoms with van der Waals surface area (Å²) in [6, 6.07) is 11.0. The van der Waals surface area contributed by atoms with Crippen LogP contribution in [0.15, 0.2) is 30.3 Å². The van der Waals surface area contributed by atoms with Gasteiger partial charge >= 0.3 is 0 Å². The molecule has 4 fully saturated rings. The predicted octanol–water partition coefficient (Wildman–Crippen LogP) is 3.50. The van der Waals surface area contributed by atoms with Crippen LogP contribution in [0.25, 0.3) is 0 Å². The molecule has 1 aromatic rings. The van der Waals surface area contributed by atoms with Crippen LogP contribution in [-0.2, 0) is 10.2 Å². The number of carbonyl (C=O) groups excluding carboxylic acids is 1. The van der Waals surface area contributed by atoms with Crippen molar-refractivity contribution in [2.45, 2.75) is 44.4 Å². The molecule has 0 radical (unpaired) electrons. The number of carbonyl (C=O) groups is 1. The maximum atomic E-state index is 12.3. The third kappa shape index (κ3) is 1.10. The Morgan fingerprint density at radius 2 is 1.95 bits per heavy atom. The third-order valence-electron chi connectivity index (χ3n) is 8.03. The minimum Gasteiger partial charge on any atom is -0.369 e. The molecule has 2 nitrogen and oxygen atoms in total. The van der Waals surface area contributed by atoms with Crippen molar-refractivity contribution in [3.8, 4) is 0 Å². The lowest BCUT2D eigenvalue weighted by atomic mass is 9.43. The van der Waals surface area contributed by atoms with E-state index in [1.165, 1.54) is 18.4 Å². The van der Waals surface area contributed by atoms with Gasteiger partial charge in [0.2, 0.25) is 5.91 Å². The molecule has 1 amide bonds. The number of hydrogen-bond donors (Lipinski definition) is 1. The van der Waals surface area contributed by atoms with Crippen molar-refractivity contribution in [3.63, 3.8) is 0 Å². The quantitative estimate of drug-likeness (QED) is 0.887. The summed E-state index contributed by atoms with van der Waals surface area (Å²) in [4.78, 5) is 12.3. The van der Waals surface area contributed by atoms with Crippen LogP contribution in [-0.4, -0.2) is 5.91 Å². The Morgan fingerprint density at radius 1 is 1.19 bits per heavy atom. The first kappa shape index (κ1) is 12.3. The predicted molar refractivity (Wildman–Crippen MR) is 83.5 cm³/mol. The number of amides is 1. The lowest BCUT2D eigenvalue weighted by molar-refractivity contribution is -0.129. The van der Waals surface area contributed by atoms with Gasteiger partial charge in [0, 0.05) is 6.84 Å². The molecule has 21 heavy (non-hydrogen) atoms. The Balaban J connectivity index is 0.00000125. The fourth-order valence-electron chi connectivity index (χ4n) is 7.32. The molecule has 1 aromatic carbocycles. The van der Waals surface area contributed by atoms with Crippen molar-refractivity contribution in [1.29, 1.82) is 0 Å². The van der Waals surface area contributed by atoms with E-state index in [0.29, 0.717) is 5.41 Å². The van der Waals surface area contributed by atoms with Gasteiger partial charge in [0.25, 0.3) is 0 Å². The fourth-order valence-corrected chi connectivity index (χ4v) is 7.32. The Morgan fingerprint density at radius 3 is 2.67 bits per heavy atom. The van der Waals surface area contributed by atoms with E-state index in [9.17, 15) is 4.79 Å². The van der Waals surface area contributed by atoms with Crippen LogP contribution >= 0.6 is 0 Å². The number of primary amides is 1. The zero-order valence-electron chi connectivity index (χ0n) is 12.6. The molecule has 2 N–H and O–H groups in total. The fraction of sp³-hybridized carbons (Fsp3) is 0.632. The van der Waals surface area contributed by atoms with Crippen molar-refractivity contribution < 1.29 is 6.22 Å². The maximum Gasteiger partial charge on any atom is 0.223 e. The molecule has 112 valence electrons. The molecular formula is C19H25NO. The lowest BCUT2D eigenvalue weighted by Gasteiger charge is -2.60. The van der Waals surface area contributed by atoms with Gasteiger partial charge in [-0.1, -0.05) is 37.3 Å². The summed E-state index contributed by atoms with van der Waals surface area (Å²) in [6.07, 6.45) is 5.75. The molecule has 0 heterocycles. The average Bonchev–Trinajstić information content (AvgIpc) is 2.74. The van der Waals surface area contributed by atoms with Crippen LogP contribution in [0.3, 0.4) is 0 Å². The molecule has 4 aliphatic rings. The van der Waals surface area contributed by atoms with Gasteiger partial charge < -0.3 is 5.73 Å². The SMILES string of the molecule is CC1C2CC3(C(N)=O)CC4(c5ccccc5)CC1C4(C2)C3.[HH]. The number of hydrogen-bond acceptors (Lipinski definition) is 1. The van der Waals surface area contributed by atoms with Gasteiger partial charge in [-0.15, -0.1) is 0 Å². The third-order valence-corrected chi connectivity index (χ3v) is 8.03. The Kier molecular flexibility index (Phi) is 1.96. The lowest BCUT2D eigenvalue weighted by Crippen LogP contribution is -2.56. The summed E-state index contributed by atoms with van der Waals surface area (Å²) >= 11 is 0. The summed E-state index contributed by atoms with van der Waals surface area (Å²) in [6.45, 7) is 2.42. The van der Waals surface area contributed by atoms with Gasteiger partial charge in [0.15, 0.2) is 0 Å². The molecule has 0 saturated heterocycles. The minimum atomic E-state index is -0.210. The topological polar surface area (TPSA) is 43.1 Å². The van der Waals surface area contributed by atoms with E-state index in [-0.39, 0.29) is 18.2 Å².